The van der Waals surface area contributed by atoms with Gasteiger partial charge in [-0.1, -0.05) is 13.0 Å². The third kappa shape index (κ3) is 2.70. The molecular formula is C14H15BrFNO3. The molecule has 1 N–H and O–H groups in total. The molecule has 2 rings (SSSR count). The Labute approximate surface area is 124 Å². The molecule has 1 aliphatic heterocycles. The Hall–Kier alpha value is -1.43. The number of carbonyl (C=O) groups is 2. The van der Waals surface area contributed by atoms with Crippen molar-refractivity contribution in [2.24, 2.45) is 5.92 Å². The van der Waals surface area contributed by atoms with Crippen molar-refractivity contribution < 1.29 is 19.1 Å². The van der Waals surface area contributed by atoms with Gasteiger partial charge in [-0.05, 0) is 40.0 Å². The maximum absolute atomic E-state index is 13.3. The van der Waals surface area contributed by atoms with Crippen LogP contribution in [0.4, 0.5) is 4.39 Å². The summed E-state index contributed by atoms with van der Waals surface area (Å²) >= 11 is 3.10. The number of amides is 1. The maximum Gasteiger partial charge on any atom is 0.309 e. The van der Waals surface area contributed by atoms with Gasteiger partial charge in [0.15, 0.2) is 0 Å². The number of carboxylic acid groups (broad SMARTS) is 1. The lowest BCUT2D eigenvalue weighted by atomic mass is 9.93. The van der Waals surface area contributed by atoms with Crippen LogP contribution < -0.4 is 0 Å². The molecule has 2 unspecified atom stereocenters. The molecule has 0 aromatic heterocycles. The molecule has 1 fully saturated rings. The molecule has 0 radical (unpaired) electrons. The summed E-state index contributed by atoms with van der Waals surface area (Å²) in [5.74, 6) is -2.36. The summed E-state index contributed by atoms with van der Waals surface area (Å²) in [4.78, 5) is 24.9. The van der Waals surface area contributed by atoms with Gasteiger partial charge in [0.25, 0.3) is 0 Å². The van der Waals surface area contributed by atoms with Crippen LogP contribution in [-0.4, -0.2) is 28.4 Å². The molecule has 20 heavy (non-hydrogen) atoms. The van der Waals surface area contributed by atoms with Crippen LogP contribution in [0.3, 0.4) is 0 Å². The van der Waals surface area contributed by atoms with Crippen molar-refractivity contribution in [3.8, 4) is 0 Å². The summed E-state index contributed by atoms with van der Waals surface area (Å²) in [6, 6.07) is 3.85. The lowest BCUT2D eigenvalue weighted by molar-refractivity contribution is -0.142. The van der Waals surface area contributed by atoms with Crippen molar-refractivity contribution >= 4 is 27.8 Å². The first kappa shape index (κ1) is 15.0. The summed E-state index contributed by atoms with van der Waals surface area (Å²) in [6.45, 7) is 2.43. The zero-order chi connectivity index (χ0) is 14.9. The minimum atomic E-state index is -0.998. The molecule has 0 aliphatic carbocycles. The quantitative estimate of drug-likeness (QED) is 0.914. The summed E-state index contributed by atoms with van der Waals surface area (Å²) in [5.41, 5.74) is 0.643. The minimum absolute atomic E-state index is 0.00496. The fourth-order valence-corrected chi connectivity index (χ4v) is 3.02. The van der Waals surface area contributed by atoms with Gasteiger partial charge in [0.2, 0.25) is 5.91 Å². The molecule has 4 nitrogen and oxygen atoms in total. The number of carboxylic acids is 1. The molecule has 0 saturated carbocycles. The van der Waals surface area contributed by atoms with E-state index >= 15 is 0 Å². The Bertz CT molecular complexity index is 549. The molecule has 1 amide bonds. The molecule has 1 saturated heterocycles. The van der Waals surface area contributed by atoms with Gasteiger partial charge in [0, 0.05) is 13.0 Å². The number of hydrogen-bond acceptors (Lipinski definition) is 2. The summed E-state index contributed by atoms with van der Waals surface area (Å²) in [5, 5.41) is 9.31. The number of hydrogen-bond donors (Lipinski definition) is 1. The normalized spacial score (nSPS) is 22.4. The standard InChI is InChI=1S/C14H15BrFNO3/c1-2-5-17-12(18)7-9(14(19)20)13(17)8-3-4-11(16)10(15)6-8/h3-4,6,9,13H,2,5,7H2,1H3,(H,19,20). The van der Waals surface area contributed by atoms with E-state index < -0.39 is 23.7 Å². The third-order valence-electron chi connectivity index (χ3n) is 3.50. The SMILES string of the molecule is CCCN1C(=O)CC(C(=O)O)C1c1ccc(F)c(Br)c1. The zero-order valence-corrected chi connectivity index (χ0v) is 12.6. The van der Waals surface area contributed by atoms with Gasteiger partial charge in [-0.25, -0.2) is 4.39 Å². The first-order valence-corrected chi connectivity index (χ1v) is 7.22. The van der Waals surface area contributed by atoms with Crippen LogP contribution in [0.15, 0.2) is 22.7 Å². The Kier molecular flexibility index (Phi) is 4.42. The van der Waals surface area contributed by atoms with E-state index in [1.54, 1.807) is 17.0 Å². The Morgan fingerprint density at radius 1 is 1.55 bits per heavy atom. The van der Waals surface area contributed by atoms with Gasteiger partial charge in [-0.3, -0.25) is 9.59 Å². The highest BCUT2D eigenvalue weighted by Gasteiger charge is 2.44. The van der Waals surface area contributed by atoms with Crippen LogP contribution >= 0.6 is 15.9 Å². The molecule has 1 aliphatic rings. The number of carbonyl (C=O) groups excluding carboxylic acids is 1. The Balaban J connectivity index is 2.43. The fourth-order valence-electron chi connectivity index (χ4n) is 2.63. The largest absolute Gasteiger partial charge is 0.481 e. The third-order valence-corrected chi connectivity index (χ3v) is 4.11. The number of benzene rings is 1. The first-order chi connectivity index (χ1) is 9.45. The highest BCUT2D eigenvalue weighted by molar-refractivity contribution is 9.10. The van der Waals surface area contributed by atoms with Crippen molar-refractivity contribution in [2.75, 3.05) is 6.54 Å². The molecule has 0 spiro atoms. The summed E-state index contributed by atoms with van der Waals surface area (Å²) < 4.78 is 13.6. The van der Waals surface area contributed by atoms with Crippen molar-refractivity contribution in [1.29, 1.82) is 0 Å². The van der Waals surface area contributed by atoms with Gasteiger partial charge < -0.3 is 10.0 Å². The molecular weight excluding hydrogens is 329 g/mol. The second-order valence-corrected chi connectivity index (χ2v) is 5.71. The predicted octanol–water partition coefficient (Wildman–Crippen LogP) is 2.97. The highest BCUT2D eigenvalue weighted by atomic mass is 79.9. The van der Waals surface area contributed by atoms with Gasteiger partial charge in [0.05, 0.1) is 16.4 Å². The number of halogens is 2. The number of rotatable bonds is 4. The molecule has 0 bridgehead atoms. The topological polar surface area (TPSA) is 57.6 Å². The van der Waals surface area contributed by atoms with E-state index in [1.807, 2.05) is 6.92 Å². The van der Waals surface area contributed by atoms with E-state index in [0.717, 1.165) is 6.42 Å². The highest BCUT2D eigenvalue weighted by Crippen LogP contribution is 2.39. The number of aliphatic carboxylic acids is 1. The molecule has 1 aromatic carbocycles. The first-order valence-electron chi connectivity index (χ1n) is 6.43. The molecule has 108 valence electrons. The summed E-state index contributed by atoms with van der Waals surface area (Å²) in [6.07, 6.45) is 0.742. The predicted molar refractivity (Wildman–Crippen MR) is 74.6 cm³/mol. The van der Waals surface area contributed by atoms with Crippen LogP contribution in [0, 0.1) is 11.7 Å². The second-order valence-electron chi connectivity index (χ2n) is 4.85. The summed E-state index contributed by atoms with van der Waals surface area (Å²) in [7, 11) is 0. The lowest BCUT2D eigenvalue weighted by Crippen LogP contribution is -2.31. The average Bonchev–Trinajstić information content (AvgIpc) is 2.71. The Morgan fingerprint density at radius 2 is 2.25 bits per heavy atom. The second kappa shape index (κ2) is 5.91. The minimum Gasteiger partial charge on any atom is -0.481 e. The van der Waals surface area contributed by atoms with Crippen molar-refractivity contribution in [2.45, 2.75) is 25.8 Å². The van der Waals surface area contributed by atoms with Crippen molar-refractivity contribution in [3.05, 3.63) is 34.1 Å². The molecule has 1 aromatic rings. The van der Waals surface area contributed by atoms with Crippen LogP contribution in [0.2, 0.25) is 0 Å². The molecule has 6 heteroatoms. The maximum atomic E-state index is 13.3. The van der Waals surface area contributed by atoms with Crippen LogP contribution in [0.1, 0.15) is 31.4 Å². The fraction of sp³-hybridized carbons (Fsp3) is 0.429. The van der Waals surface area contributed by atoms with Crippen LogP contribution in [-0.2, 0) is 9.59 Å². The van der Waals surface area contributed by atoms with E-state index in [-0.39, 0.29) is 16.8 Å². The van der Waals surface area contributed by atoms with Gasteiger partial charge in [-0.15, -0.1) is 0 Å². The number of likely N-dealkylation sites (tertiary alicyclic amines) is 1. The zero-order valence-electron chi connectivity index (χ0n) is 11.0. The Morgan fingerprint density at radius 3 is 2.80 bits per heavy atom. The van der Waals surface area contributed by atoms with Gasteiger partial charge in [-0.2, -0.15) is 0 Å². The van der Waals surface area contributed by atoms with Gasteiger partial charge >= 0.3 is 5.97 Å². The van der Waals surface area contributed by atoms with Crippen LogP contribution in [0.5, 0.6) is 0 Å². The monoisotopic (exact) mass is 343 g/mol. The molecule has 2 atom stereocenters. The smallest absolute Gasteiger partial charge is 0.309 e. The molecule has 1 heterocycles. The average molecular weight is 344 g/mol. The van der Waals surface area contributed by atoms with E-state index in [1.165, 1.54) is 6.07 Å². The van der Waals surface area contributed by atoms with E-state index in [0.29, 0.717) is 12.1 Å². The van der Waals surface area contributed by atoms with Crippen molar-refractivity contribution in [3.63, 3.8) is 0 Å². The lowest BCUT2D eigenvalue weighted by Gasteiger charge is -2.27. The van der Waals surface area contributed by atoms with Gasteiger partial charge in [0.1, 0.15) is 5.82 Å². The van der Waals surface area contributed by atoms with Crippen LogP contribution in [0.25, 0.3) is 0 Å². The van der Waals surface area contributed by atoms with E-state index in [4.69, 9.17) is 0 Å². The van der Waals surface area contributed by atoms with Crippen molar-refractivity contribution in [1.82, 2.24) is 4.90 Å². The van der Waals surface area contributed by atoms with E-state index in [2.05, 4.69) is 15.9 Å². The van der Waals surface area contributed by atoms with E-state index in [9.17, 15) is 19.1 Å². The number of nitrogens with zero attached hydrogens (tertiary/aromatic N) is 1.